The Labute approximate surface area is 131 Å². The fourth-order valence-corrected chi connectivity index (χ4v) is 3.44. The van der Waals surface area contributed by atoms with Crippen LogP contribution in [-0.4, -0.2) is 10.9 Å². The van der Waals surface area contributed by atoms with Gasteiger partial charge in [-0.3, -0.25) is 9.78 Å². The first-order valence-corrected chi connectivity index (χ1v) is 8.35. The summed E-state index contributed by atoms with van der Waals surface area (Å²) in [5, 5.41) is 9.03. The molecule has 0 saturated heterocycles. The minimum atomic E-state index is -0.0259. The number of carbonyl (C=O) groups is 1. The van der Waals surface area contributed by atoms with Crippen molar-refractivity contribution in [2.45, 2.75) is 13.5 Å². The predicted molar refractivity (Wildman–Crippen MR) is 87.8 cm³/mol. The number of rotatable bonds is 4. The van der Waals surface area contributed by atoms with E-state index in [2.05, 4.69) is 15.7 Å². The van der Waals surface area contributed by atoms with Gasteiger partial charge in [-0.05, 0) is 53.1 Å². The molecule has 0 fully saturated rings. The molecular weight excluding hydrogens is 300 g/mol. The van der Waals surface area contributed by atoms with E-state index in [1.807, 2.05) is 41.9 Å². The van der Waals surface area contributed by atoms with Crippen molar-refractivity contribution in [3.05, 3.63) is 62.6 Å². The van der Waals surface area contributed by atoms with E-state index in [-0.39, 0.29) is 5.91 Å². The quantitative estimate of drug-likeness (QED) is 0.787. The van der Waals surface area contributed by atoms with E-state index in [4.69, 9.17) is 0 Å². The van der Waals surface area contributed by atoms with E-state index >= 15 is 0 Å². The number of aryl methyl sites for hydroxylation is 1. The summed E-state index contributed by atoms with van der Waals surface area (Å²) < 4.78 is 0. The summed E-state index contributed by atoms with van der Waals surface area (Å²) in [6, 6.07) is 7.89. The Bertz CT molecular complexity index is 747. The van der Waals surface area contributed by atoms with Gasteiger partial charge >= 0.3 is 0 Å². The van der Waals surface area contributed by atoms with Crippen molar-refractivity contribution >= 4 is 28.6 Å². The maximum atomic E-state index is 12.0. The zero-order chi connectivity index (χ0) is 14.7. The third-order valence-corrected chi connectivity index (χ3v) is 4.78. The highest BCUT2D eigenvalue weighted by Crippen LogP contribution is 2.20. The van der Waals surface area contributed by atoms with Gasteiger partial charge in [0.05, 0.1) is 10.6 Å². The Morgan fingerprint density at radius 1 is 1.29 bits per heavy atom. The van der Waals surface area contributed by atoms with Gasteiger partial charge in [-0.15, -0.1) is 11.3 Å². The summed E-state index contributed by atoms with van der Waals surface area (Å²) >= 11 is 3.12. The van der Waals surface area contributed by atoms with Crippen LogP contribution in [0.5, 0.6) is 0 Å². The molecule has 0 bridgehead atoms. The second-order valence-electron chi connectivity index (χ2n) is 4.73. The maximum absolute atomic E-state index is 12.0. The lowest BCUT2D eigenvalue weighted by atomic mass is 10.1. The lowest BCUT2D eigenvalue weighted by molar-refractivity contribution is 0.0955. The summed E-state index contributed by atoms with van der Waals surface area (Å²) in [7, 11) is 0. The largest absolute Gasteiger partial charge is 0.347 e. The maximum Gasteiger partial charge on any atom is 0.261 e. The Morgan fingerprint density at radius 3 is 2.90 bits per heavy atom. The molecule has 0 unspecified atom stereocenters. The van der Waals surface area contributed by atoms with E-state index in [9.17, 15) is 4.79 Å². The van der Waals surface area contributed by atoms with E-state index < -0.39 is 0 Å². The van der Waals surface area contributed by atoms with Crippen LogP contribution in [0.2, 0.25) is 0 Å². The Morgan fingerprint density at radius 2 is 2.19 bits per heavy atom. The van der Waals surface area contributed by atoms with Crippen LogP contribution in [0.15, 0.2) is 46.6 Å². The highest BCUT2D eigenvalue weighted by molar-refractivity contribution is 7.12. The third-order valence-electron chi connectivity index (χ3n) is 3.05. The van der Waals surface area contributed by atoms with Crippen LogP contribution in [-0.2, 0) is 6.54 Å². The molecule has 1 N–H and O–H groups in total. The summed E-state index contributed by atoms with van der Waals surface area (Å²) in [6.45, 7) is 2.50. The monoisotopic (exact) mass is 314 g/mol. The van der Waals surface area contributed by atoms with Crippen molar-refractivity contribution in [1.29, 1.82) is 0 Å². The van der Waals surface area contributed by atoms with Crippen LogP contribution in [0.25, 0.3) is 11.3 Å². The van der Waals surface area contributed by atoms with Gasteiger partial charge in [0.1, 0.15) is 0 Å². The van der Waals surface area contributed by atoms with Gasteiger partial charge in [0, 0.05) is 23.7 Å². The van der Waals surface area contributed by atoms with Crippen LogP contribution in [0, 0.1) is 6.92 Å². The smallest absolute Gasteiger partial charge is 0.261 e. The third kappa shape index (κ3) is 3.37. The van der Waals surface area contributed by atoms with Gasteiger partial charge in [0.15, 0.2) is 0 Å². The lowest BCUT2D eigenvalue weighted by Crippen LogP contribution is -2.21. The summed E-state index contributed by atoms with van der Waals surface area (Å²) in [5.74, 6) is -0.0259. The highest BCUT2D eigenvalue weighted by Gasteiger charge is 2.08. The zero-order valence-electron chi connectivity index (χ0n) is 11.5. The summed E-state index contributed by atoms with van der Waals surface area (Å²) in [6.07, 6.45) is 1.78. The van der Waals surface area contributed by atoms with Gasteiger partial charge < -0.3 is 5.32 Å². The number of nitrogens with zero attached hydrogens (tertiary/aromatic N) is 1. The lowest BCUT2D eigenvalue weighted by Gasteiger charge is -2.05. The molecule has 3 nitrogen and oxygen atoms in total. The Kier molecular flexibility index (Phi) is 4.13. The van der Waals surface area contributed by atoms with Crippen LogP contribution < -0.4 is 5.32 Å². The van der Waals surface area contributed by atoms with Gasteiger partial charge in [0.2, 0.25) is 0 Å². The number of thiophene rings is 2. The van der Waals surface area contributed by atoms with Crippen LogP contribution in [0.3, 0.4) is 0 Å². The number of aromatic nitrogens is 1. The standard InChI is InChI=1S/C16H14N2OS2/c1-11-6-15(21-9-11)16(19)18-8-12-2-4-17-14(7-12)13-3-5-20-10-13/h2-7,9-10H,8H2,1H3,(H,18,19). The molecule has 1 amide bonds. The van der Waals surface area contributed by atoms with Gasteiger partial charge in [-0.25, -0.2) is 0 Å². The fourth-order valence-electron chi connectivity index (χ4n) is 1.97. The molecule has 21 heavy (non-hydrogen) atoms. The molecule has 5 heteroatoms. The molecule has 3 rings (SSSR count). The van der Waals surface area contributed by atoms with Crippen molar-refractivity contribution in [3.8, 4) is 11.3 Å². The van der Waals surface area contributed by atoms with E-state index in [1.165, 1.54) is 11.3 Å². The number of pyridine rings is 1. The molecule has 0 saturated carbocycles. The molecule has 0 aliphatic rings. The molecule has 3 heterocycles. The summed E-state index contributed by atoms with van der Waals surface area (Å²) in [5.41, 5.74) is 4.22. The first-order valence-electron chi connectivity index (χ1n) is 6.53. The minimum Gasteiger partial charge on any atom is -0.347 e. The zero-order valence-corrected chi connectivity index (χ0v) is 13.1. The van der Waals surface area contributed by atoms with Crippen molar-refractivity contribution < 1.29 is 4.79 Å². The van der Waals surface area contributed by atoms with E-state index in [0.717, 1.165) is 27.3 Å². The van der Waals surface area contributed by atoms with Crippen LogP contribution in [0.4, 0.5) is 0 Å². The number of carbonyl (C=O) groups excluding carboxylic acids is 1. The van der Waals surface area contributed by atoms with E-state index in [0.29, 0.717) is 6.54 Å². The number of amides is 1. The minimum absolute atomic E-state index is 0.0259. The molecule has 3 aromatic rings. The average molecular weight is 314 g/mol. The van der Waals surface area contributed by atoms with E-state index in [1.54, 1.807) is 17.5 Å². The van der Waals surface area contributed by atoms with Gasteiger partial charge in [-0.2, -0.15) is 11.3 Å². The first kappa shape index (κ1) is 14.0. The Hall–Kier alpha value is -1.98. The molecule has 106 valence electrons. The van der Waals surface area contributed by atoms with Crippen LogP contribution >= 0.6 is 22.7 Å². The molecule has 0 spiro atoms. The van der Waals surface area contributed by atoms with Gasteiger partial charge in [-0.1, -0.05) is 0 Å². The molecule has 0 aliphatic carbocycles. The first-order chi connectivity index (χ1) is 10.2. The SMILES string of the molecule is Cc1csc(C(=O)NCc2ccnc(-c3ccsc3)c2)c1. The second kappa shape index (κ2) is 6.20. The average Bonchev–Trinajstić information content (AvgIpc) is 3.16. The van der Waals surface area contributed by atoms with Crippen molar-refractivity contribution in [1.82, 2.24) is 10.3 Å². The normalized spacial score (nSPS) is 10.5. The second-order valence-corrected chi connectivity index (χ2v) is 6.42. The fraction of sp³-hybridized carbons (Fsp3) is 0.125. The predicted octanol–water partition coefficient (Wildman–Crippen LogP) is 4.11. The number of hydrogen-bond acceptors (Lipinski definition) is 4. The van der Waals surface area contributed by atoms with Crippen molar-refractivity contribution in [2.75, 3.05) is 0 Å². The molecular formula is C16H14N2OS2. The van der Waals surface area contributed by atoms with Crippen molar-refractivity contribution in [3.63, 3.8) is 0 Å². The molecule has 0 aliphatic heterocycles. The molecule has 0 radical (unpaired) electrons. The topological polar surface area (TPSA) is 42.0 Å². The molecule has 3 aromatic heterocycles. The number of hydrogen-bond donors (Lipinski definition) is 1. The highest BCUT2D eigenvalue weighted by atomic mass is 32.1. The molecule has 0 aromatic carbocycles. The summed E-state index contributed by atoms with van der Waals surface area (Å²) in [4.78, 5) is 17.1. The van der Waals surface area contributed by atoms with Crippen LogP contribution in [0.1, 0.15) is 20.8 Å². The van der Waals surface area contributed by atoms with Gasteiger partial charge in [0.25, 0.3) is 5.91 Å². The number of nitrogens with one attached hydrogen (secondary N) is 1. The molecule has 0 atom stereocenters. The van der Waals surface area contributed by atoms with Crippen molar-refractivity contribution in [2.24, 2.45) is 0 Å². The Balaban J connectivity index is 1.68.